The van der Waals surface area contributed by atoms with Crippen LogP contribution in [-0.4, -0.2) is 17.6 Å². The van der Waals surface area contributed by atoms with Crippen molar-refractivity contribution in [1.82, 2.24) is 5.16 Å². The number of rotatable bonds is 3. The third-order valence-corrected chi connectivity index (χ3v) is 5.78. The first-order valence-electron chi connectivity index (χ1n) is 8.54. The van der Waals surface area contributed by atoms with Crippen molar-refractivity contribution in [3.05, 3.63) is 56.9 Å². The van der Waals surface area contributed by atoms with Crippen molar-refractivity contribution >= 4 is 22.9 Å². The summed E-state index contributed by atoms with van der Waals surface area (Å²) in [6, 6.07) is 8.23. The maximum absolute atomic E-state index is 13.2. The Labute approximate surface area is 151 Å². The number of benzene rings is 1. The molecule has 0 spiro atoms. The molecule has 0 fully saturated rings. The van der Waals surface area contributed by atoms with E-state index in [4.69, 9.17) is 4.52 Å². The number of aryl methyl sites for hydroxylation is 3. The molecule has 0 bridgehead atoms. The second-order valence-electron chi connectivity index (χ2n) is 6.44. The highest BCUT2D eigenvalue weighted by atomic mass is 32.1. The van der Waals surface area contributed by atoms with E-state index >= 15 is 0 Å². The highest BCUT2D eigenvalue weighted by Gasteiger charge is 2.31. The van der Waals surface area contributed by atoms with E-state index in [0.717, 1.165) is 46.5 Å². The third kappa shape index (κ3) is 2.59. The van der Waals surface area contributed by atoms with Gasteiger partial charge in [-0.05, 0) is 62.3 Å². The second-order valence-corrected chi connectivity index (χ2v) is 7.44. The highest BCUT2D eigenvalue weighted by molar-refractivity contribution is 7.10. The van der Waals surface area contributed by atoms with Gasteiger partial charge in [-0.3, -0.25) is 4.79 Å². The molecule has 0 saturated carbocycles. The Morgan fingerprint density at radius 1 is 1.28 bits per heavy atom. The first-order valence-corrected chi connectivity index (χ1v) is 9.42. The summed E-state index contributed by atoms with van der Waals surface area (Å²) in [5, 5.41) is 6.23. The van der Waals surface area contributed by atoms with Gasteiger partial charge in [0.2, 0.25) is 0 Å². The van der Waals surface area contributed by atoms with Crippen molar-refractivity contribution in [2.24, 2.45) is 0 Å². The van der Waals surface area contributed by atoms with E-state index < -0.39 is 0 Å². The van der Waals surface area contributed by atoms with Crippen LogP contribution in [0.5, 0.6) is 0 Å². The molecule has 5 heteroatoms. The average Bonchev–Trinajstić information content (AvgIpc) is 3.24. The van der Waals surface area contributed by atoms with Crippen LogP contribution in [0.2, 0.25) is 0 Å². The fourth-order valence-electron chi connectivity index (χ4n) is 3.46. The molecule has 0 atom stereocenters. The van der Waals surface area contributed by atoms with Crippen LogP contribution in [0.1, 0.15) is 39.0 Å². The van der Waals surface area contributed by atoms with Crippen molar-refractivity contribution in [3.63, 3.8) is 0 Å². The Hall–Kier alpha value is -2.40. The first kappa shape index (κ1) is 16.1. The molecule has 0 N–H and O–H groups in total. The number of fused-ring (bicyclic) bond motifs is 3. The zero-order chi connectivity index (χ0) is 17.6. The van der Waals surface area contributed by atoms with E-state index in [9.17, 15) is 4.79 Å². The minimum Gasteiger partial charge on any atom is -0.355 e. The lowest BCUT2D eigenvalue weighted by Crippen LogP contribution is -2.32. The van der Waals surface area contributed by atoms with Gasteiger partial charge in [0.25, 0.3) is 5.91 Å². The van der Waals surface area contributed by atoms with Gasteiger partial charge in [-0.25, -0.2) is 0 Å². The first-order chi connectivity index (χ1) is 12.1. The number of anilines is 1. The quantitative estimate of drug-likeness (QED) is 0.681. The minimum absolute atomic E-state index is 0.0834. The number of thiophene rings is 1. The molecule has 4 rings (SSSR count). The van der Waals surface area contributed by atoms with Crippen LogP contribution in [0, 0.1) is 13.8 Å². The Morgan fingerprint density at radius 2 is 2.12 bits per heavy atom. The summed E-state index contributed by atoms with van der Waals surface area (Å²) in [4.78, 5) is 16.3. The molecule has 1 aromatic carbocycles. The van der Waals surface area contributed by atoms with Crippen LogP contribution in [0.3, 0.4) is 0 Å². The molecule has 128 valence electrons. The number of amides is 1. The fraction of sp³-hybridized carbons (Fsp3) is 0.300. The van der Waals surface area contributed by atoms with Gasteiger partial charge in [-0.2, -0.15) is 0 Å². The van der Waals surface area contributed by atoms with E-state index in [0.29, 0.717) is 12.2 Å². The summed E-state index contributed by atoms with van der Waals surface area (Å²) in [5.74, 6) is 0.683. The molecule has 0 radical (unpaired) electrons. The molecule has 1 amide bonds. The van der Waals surface area contributed by atoms with Gasteiger partial charge in [0, 0.05) is 28.2 Å². The van der Waals surface area contributed by atoms with Crippen molar-refractivity contribution in [2.75, 3.05) is 11.4 Å². The highest BCUT2D eigenvalue weighted by Crippen LogP contribution is 2.38. The van der Waals surface area contributed by atoms with Crippen LogP contribution >= 0.6 is 11.3 Å². The SMILES string of the molecule is CCN(C(=O)c1noc2c1CCc1sccc1-2)c1cc(C)ccc1C. The maximum atomic E-state index is 13.2. The van der Waals surface area contributed by atoms with Gasteiger partial charge >= 0.3 is 0 Å². The van der Waals surface area contributed by atoms with Gasteiger partial charge in [-0.15, -0.1) is 11.3 Å². The largest absolute Gasteiger partial charge is 0.355 e. The van der Waals surface area contributed by atoms with Gasteiger partial charge in [0.05, 0.1) is 0 Å². The summed E-state index contributed by atoms with van der Waals surface area (Å²) in [6.07, 6.45) is 1.74. The average molecular weight is 352 g/mol. The molecule has 3 aromatic rings. The second kappa shape index (κ2) is 6.15. The monoisotopic (exact) mass is 352 g/mol. The summed E-state index contributed by atoms with van der Waals surface area (Å²) >= 11 is 1.73. The lowest BCUT2D eigenvalue weighted by atomic mass is 9.95. The molecule has 1 aliphatic rings. The summed E-state index contributed by atoms with van der Waals surface area (Å²) in [5.41, 5.74) is 5.65. The molecular weight excluding hydrogens is 332 g/mol. The van der Waals surface area contributed by atoms with Gasteiger partial charge in [0.1, 0.15) is 0 Å². The normalized spacial score (nSPS) is 12.6. The van der Waals surface area contributed by atoms with Gasteiger partial charge in [-0.1, -0.05) is 17.3 Å². The Morgan fingerprint density at radius 3 is 2.92 bits per heavy atom. The number of carbonyl (C=O) groups is 1. The number of hydrogen-bond donors (Lipinski definition) is 0. The molecule has 2 aromatic heterocycles. The topological polar surface area (TPSA) is 46.3 Å². The Bertz CT molecular complexity index is 955. The maximum Gasteiger partial charge on any atom is 0.280 e. The van der Waals surface area contributed by atoms with Crippen LogP contribution in [0.15, 0.2) is 34.2 Å². The van der Waals surface area contributed by atoms with Crippen LogP contribution < -0.4 is 4.90 Å². The predicted molar refractivity (Wildman–Crippen MR) is 100 cm³/mol. The zero-order valence-electron chi connectivity index (χ0n) is 14.6. The number of carbonyl (C=O) groups excluding carboxylic acids is 1. The molecule has 2 heterocycles. The minimum atomic E-state index is -0.0834. The summed E-state index contributed by atoms with van der Waals surface area (Å²) in [6.45, 7) is 6.65. The van der Waals surface area contributed by atoms with Gasteiger partial charge in [0.15, 0.2) is 11.5 Å². The van der Waals surface area contributed by atoms with Crippen molar-refractivity contribution < 1.29 is 9.32 Å². The summed E-state index contributed by atoms with van der Waals surface area (Å²) < 4.78 is 5.59. The fourth-order valence-corrected chi connectivity index (χ4v) is 4.33. The molecule has 25 heavy (non-hydrogen) atoms. The number of nitrogens with zero attached hydrogens (tertiary/aromatic N) is 2. The van der Waals surface area contributed by atoms with Crippen molar-refractivity contribution in [1.29, 1.82) is 0 Å². The van der Waals surface area contributed by atoms with E-state index in [1.54, 1.807) is 16.2 Å². The predicted octanol–water partition coefficient (Wildman–Crippen LogP) is 4.79. The Kier molecular flexibility index (Phi) is 3.96. The third-order valence-electron chi connectivity index (χ3n) is 4.80. The van der Waals surface area contributed by atoms with E-state index in [1.807, 2.05) is 20.8 Å². The van der Waals surface area contributed by atoms with Crippen molar-refractivity contribution in [2.45, 2.75) is 33.6 Å². The number of hydrogen-bond acceptors (Lipinski definition) is 4. The zero-order valence-corrected chi connectivity index (χ0v) is 15.4. The molecule has 0 saturated heterocycles. The molecular formula is C20H20N2O2S. The molecule has 0 aliphatic heterocycles. The van der Waals surface area contributed by atoms with E-state index in [2.05, 4.69) is 34.8 Å². The van der Waals surface area contributed by atoms with Crippen LogP contribution in [0.25, 0.3) is 11.3 Å². The molecule has 0 unspecified atom stereocenters. The molecule has 4 nitrogen and oxygen atoms in total. The lowest BCUT2D eigenvalue weighted by Gasteiger charge is -2.23. The standard InChI is InChI=1S/C20H20N2O2S/c1-4-22(16-11-12(2)5-6-13(16)3)20(23)18-15-7-8-17-14(9-10-25-17)19(15)24-21-18/h5-6,9-11H,4,7-8H2,1-3H3. The van der Waals surface area contributed by atoms with E-state index in [-0.39, 0.29) is 5.91 Å². The van der Waals surface area contributed by atoms with Gasteiger partial charge < -0.3 is 9.42 Å². The van der Waals surface area contributed by atoms with Crippen LogP contribution in [0.4, 0.5) is 5.69 Å². The summed E-state index contributed by atoms with van der Waals surface area (Å²) in [7, 11) is 0. The van der Waals surface area contributed by atoms with E-state index in [1.165, 1.54) is 4.88 Å². The molecule has 1 aliphatic carbocycles. The lowest BCUT2D eigenvalue weighted by molar-refractivity contribution is 0.0978. The van der Waals surface area contributed by atoms with Crippen LogP contribution in [-0.2, 0) is 12.8 Å². The smallest absolute Gasteiger partial charge is 0.280 e. The number of aromatic nitrogens is 1. The Balaban J connectivity index is 1.75. The van der Waals surface area contributed by atoms with Crippen molar-refractivity contribution in [3.8, 4) is 11.3 Å².